The highest BCUT2D eigenvalue weighted by atomic mass is 15.3. The SMILES string of the molecule is CC(C)CC(C(C)C)n1cccn1. The Balaban J connectivity index is 2.69. The fourth-order valence-electron chi connectivity index (χ4n) is 1.65. The van der Waals surface area contributed by atoms with E-state index in [9.17, 15) is 0 Å². The third-order valence-corrected chi connectivity index (χ3v) is 2.35. The van der Waals surface area contributed by atoms with Gasteiger partial charge in [0, 0.05) is 12.4 Å². The van der Waals surface area contributed by atoms with Crippen molar-refractivity contribution >= 4 is 0 Å². The highest BCUT2D eigenvalue weighted by Gasteiger charge is 2.16. The van der Waals surface area contributed by atoms with Gasteiger partial charge in [0.2, 0.25) is 0 Å². The normalized spacial score (nSPS) is 14.0. The zero-order valence-corrected chi connectivity index (χ0v) is 9.07. The van der Waals surface area contributed by atoms with E-state index in [4.69, 9.17) is 0 Å². The van der Waals surface area contributed by atoms with Crippen molar-refractivity contribution in [2.45, 2.75) is 40.2 Å². The molecule has 2 heteroatoms. The van der Waals surface area contributed by atoms with Crippen LogP contribution < -0.4 is 0 Å². The first-order chi connectivity index (χ1) is 6.11. The first-order valence-electron chi connectivity index (χ1n) is 5.10. The molecule has 0 N–H and O–H groups in total. The minimum Gasteiger partial charge on any atom is -0.269 e. The molecule has 1 aromatic rings. The monoisotopic (exact) mass is 180 g/mol. The maximum atomic E-state index is 4.31. The van der Waals surface area contributed by atoms with Crippen LogP contribution in [0.5, 0.6) is 0 Å². The summed E-state index contributed by atoms with van der Waals surface area (Å²) in [4.78, 5) is 0. The lowest BCUT2D eigenvalue weighted by atomic mass is 9.95. The zero-order chi connectivity index (χ0) is 9.84. The van der Waals surface area contributed by atoms with Gasteiger partial charge in [-0.3, -0.25) is 4.68 Å². The summed E-state index contributed by atoms with van der Waals surface area (Å²) in [5, 5.41) is 4.31. The average molecular weight is 180 g/mol. The minimum atomic E-state index is 0.551. The molecule has 13 heavy (non-hydrogen) atoms. The predicted molar refractivity (Wildman–Crippen MR) is 55.6 cm³/mol. The number of hydrogen-bond donors (Lipinski definition) is 0. The summed E-state index contributed by atoms with van der Waals surface area (Å²) >= 11 is 0. The molecule has 2 nitrogen and oxygen atoms in total. The smallest absolute Gasteiger partial charge is 0.0544 e. The van der Waals surface area contributed by atoms with E-state index in [1.54, 1.807) is 0 Å². The van der Waals surface area contributed by atoms with Gasteiger partial charge in [-0.2, -0.15) is 5.10 Å². The zero-order valence-electron chi connectivity index (χ0n) is 9.07. The van der Waals surface area contributed by atoms with E-state index in [0.717, 1.165) is 5.92 Å². The van der Waals surface area contributed by atoms with Crippen LogP contribution >= 0.6 is 0 Å². The molecule has 0 saturated carbocycles. The van der Waals surface area contributed by atoms with Crippen molar-refractivity contribution in [1.82, 2.24) is 9.78 Å². The molecule has 0 bridgehead atoms. The van der Waals surface area contributed by atoms with E-state index in [2.05, 4.69) is 43.7 Å². The van der Waals surface area contributed by atoms with Crippen molar-refractivity contribution in [3.8, 4) is 0 Å². The Morgan fingerprint density at radius 1 is 1.23 bits per heavy atom. The van der Waals surface area contributed by atoms with Crippen molar-refractivity contribution < 1.29 is 0 Å². The summed E-state index contributed by atoms with van der Waals surface area (Å²) < 4.78 is 2.09. The van der Waals surface area contributed by atoms with Crippen LogP contribution in [0.4, 0.5) is 0 Å². The summed E-state index contributed by atoms with van der Waals surface area (Å²) in [5.74, 6) is 1.39. The minimum absolute atomic E-state index is 0.551. The summed E-state index contributed by atoms with van der Waals surface area (Å²) in [6.45, 7) is 9.04. The van der Waals surface area contributed by atoms with E-state index in [1.807, 2.05) is 12.3 Å². The lowest BCUT2D eigenvalue weighted by Gasteiger charge is -2.23. The van der Waals surface area contributed by atoms with Crippen LogP contribution in [0.1, 0.15) is 40.2 Å². The van der Waals surface area contributed by atoms with Crippen LogP contribution in [-0.4, -0.2) is 9.78 Å². The van der Waals surface area contributed by atoms with Gasteiger partial charge in [0.05, 0.1) is 6.04 Å². The average Bonchev–Trinajstić information content (AvgIpc) is 2.50. The molecule has 0 aliphatic heterocycles. The first-order valence-corrected chi connectivity index (χ1v) is 5.10. The van der Waals surface area contributed by atoms with Crippen LogP contribution in [0, 0.1) is 11.8 Å². The van der Waals surface area contributed by atoms with Crippen molar-refractivity contribution in [3.05, 3.63) is 18.5 Å². The maximum Gasteiger partial charge on any atom is 0.0544 e. The highest BCUT2D eigenvalue weighted by Crippen LogP contribution is 2.24. The van der Waals surface area contributed by atoms with Crippen LogP contribution in [0.15, 0.2) is 18.5 Å². The first kappa shape index (κ1) is 10.3. The molecule has 0 amide bonds. The molecule has 1 rings (SSSR count). The van der Waals surface area contributed by atoms with Gasteiger partial charge in [0.1, 0.15) is 0 Å². The summed E-state index contributed by atoms with van der Waals surface area (Å²) in [6.07, 6.45) is 5.13. The summed E-state index contributed by atoms with van der Waals surface area (Å²) in [7, 11) is 0. The Hall–Kier alpha value is -0.790. The van der Waals surface area contributed by atoms with Crippen LogP contribution in [-0.2, 0) is 0 Å². The number of hydrogen-bond acceptors (Lipinski definition) is 1. The van der Waals surface area contributed by atoms with Crippen molar-refractivity contribution in [2.75, 3.05) is 0 Å². The van der Waals surface area contributed by atoms with Gasteiger partial charge in [-0.1, -0.05) is 27.7 Å². The predicted octanol–water partition coefficient (Wildman–Crippen LogP) is 3.13. The quantitative estimate of drug-likeness (QED) is 0.696. The molecule has 0 fully saturated rings. The van der Waals surface area contributed by atoms with Gasteiger partial charge in [0.25, 0.3) is 0 Å². The van der Waals surface area contributed by atoms with E-state index >= 15 is 0 Å². The molecular formula is C11H20N2. The Morgan fingerprint density at radius 2 is 1.92 bits per heavy atom. The van der Waals surface area contributed by atoms with Gasteiger partial charge in [0.15, 0.2) is 0 Å². The number of nitrogens with zero attached hydrogens (tertiary/aromatic N) is 2. The molecule has 1 heterocycles. The van der Waals surface area contributed by atoms with Crippen LogP contribution in [0.3, 0.4) is 0 Å². The van der Waals surface area contributed by atoms with E-state index in [1.165, 1.54) is 6.42 Å². The van der Waals surface area contributed by atoms with E-state index in [-0.39, 0.29) is 0 Å². The Labute approximate surface area is 81.0 Å². The topological polar surface area (TPSA) is 17.8 Å². The van der Waals surface area contributed by atoms with Gasteiger partial charge in [-0.25, -0.2) is 0 Å². The van der Waals surface area contributed by atoms with Gasteiger partial charge >= 0.3 is 0 Å². The summed E-state index contributed by atoms with van der Waals surface area (Å²) in [6, 6.07) is 2.55. The van der Waals surface area contributed by atoms with Crippen molar-refractivity contribution in [3.63, 3.8) is 0 Å². The lowest BCUT2D eigenvalue weighted by molar-refractivity contribution is 0.292. The summed E-state index contributed by atoms with van der Waals surface area (Å²) in [5.41, 5.74) is 0. The van der Waals surface area contributed by atoms with Crippen LogP contribution in [0.2, 0.25) is 0 Å². The second kappa shape index (κ2) is 4.45. The lowest BCUT2D eigenvalue weighted by Crippen LogP contribution is -2.17. The second-order valence-electron chi connectivity index (χ2n) is 4.43. The Bertz CT molecular complexity index is 224. The van der Waals surface area contributed by atoms with E-state index < -0.39 is 0 Å². The molecule has 74 valence electrons. The van der Waals surface area contributed by atoms with Gasteiger partial charge < -0.3 is 0 Å². The second-order valence-corrected chi connectivity index (χ2v) is 4.43. The number of aromatic nitrogens is 2. The Morgan fingerprint density at radius 3 is 2.31 bits per heavy atom. The number of rotatable bonds is 4. The van der Waals surface area contributed by atoms with Crippen molar-refractivity contribution in [2.24, 2.45) is 11.8 Å². The molecule has 0 spiro atoms. The molecule has 0 aliphatic rings. The van der Waals surface area contributed by atoms with Gasteiger partial charge in [-0.05, 0) is 24.3 Å². The maximum absolute atomic E-state index is 4.31. The van der Waals surface area contributed by atoms with E-state index in [0.29, 0.717) is 12.0 Å². The fourth-order valence-corrected chi connectivity index (χ4v) is 1.65. The standard InChI is InChI=1S/C11H20N2/c1-9(2)8-11(10(3)4)13-7-5-6-12-13/h5-7,9-11H,8H2,1-4H3. The van der Waals surface area contributed by atoms with Crippen LogP contribution in [0.25, 0.3) is 0 Å². The molecule has 1 unspecified atom stereocenters. The molecular weight excluding hydrogens is 160 g/mol. The Kier molecular flexibility index (Phi) is 3.52. The molecule has 0 aromatic carbocycles. The van der Waals surface area contributed by atoms with Gasteiger partial charge in [-0.15, -0.1) is 0 Å². The molecule has 0 aliphatic carbocycles. The molecule has 1 aromatic heterocycles. The largest absolute Gasteiger partial charge is 0.269 e. The molecule has 0 radical (unpaired) electrons. The highest BCUT2D eigenvalue weighted by molar-refractivity contribution is 4.83. The third kappa shape index (κ3) is 2.87. The molecule has 0 saturated heterocycles. The third-order valence-electron chi connectivity index (χ3n) is 2.35. The molecule has 1 atom stereocenters. The van der Waals surface area contributed by atoms with Crippen molar-refractivity contribution in [1.29, 1.82) is 0 Å². The fraction of sp³-hybridized carbons (Fsp3) is 0.727.